The van der Waals surface area contributed by atoms with E-state index in [0.717, 1.165) is 6.08 Å². The summed E-state index contributed by atoms with van der Waals surface area (Å²) in [6.07, 6.45) is 3.88. The summed E-state index contributed by atoms with van der Waals surface area (Å²) in [5.41, 5.74) is 0. The lowest BCUT2D eigenvalue weighted by Crippen LogP contribution is -1.34. The SMILES string of the molecule is [C]=C/C=C/[CH]. The van der Waals surface area contributed by atoms with Crippen LogP contribution in [0.1, 0.15) is 0 Å². The summed E-state index contributed by atoms with van der Waals surface area (Å²) in [5, 5.41) is 0. The molecule has 5 heavy (non-hydrogen) atoms. The number of allylic oxidation sites excluding steroid dienone is 3. The van der Waals surface area contributed by atoms with Gasteiger partial charge in [0.25, 0.3) is 0 Å². The van der Waals surface area contributed by atoms with Crippen molar-refractivity contribution in [3.63, 3.8) is 0 Å². The van der Waals surface area contributed by atoms with E-state index < -0.39 is 0 Å². The van der Waals surface area contributed by atoms with Gasteiger partial charge < -0.3 is 0 Å². The molecule has 0 spiro atoms. The van der Waals surface area contributed by atoms with Crippen LogP contribution in [0.5, 0.6) is 0 Å². The highest BCUT2D eigenvalue weighted by molar-refractivity contribution is 4.96. The Labute approximate surface area is 32.8 Å². The molecule has 0 aliphatic carbocycles. The van der Waals surface area contributed by atoms with E-state index in [0.29, 0.717) is 0 Å². The lowest BCUT2D eigenvalue weighted by molar-refractivity contribution is 1.97. The van der Waals surface area contributed by atoms with Crippen molar-refractivity contribution in [3.8, 4) is 0 Å². The molecule has 0 N–H and O–H groups in total. The molecule has 0 saturated heterocycles. The topological polar surface area (TPSA) is 0 Å². The minimum Gasteiger partial charge on any atom is -0.0802 e. The predicted molar refractivity (Wildman–Crippen MR) is 21.3 cm³/mol. The van der Waals surface area contributed by atoms with Crippen LogP contribution in [0.3, 0.4) is 0 Å². The average Bonchev–Trinajstić information content (AvgIpc) is 1.41. The van der Waals surface area contributed by atoms with Crippen LogP contribution < -0.4 is 0 Å². The van der Waals surface area contributed by atoms with Crippen molar-refractivity contribution in [3.05, 3.63) is 31.7 Å². The van der Waals surface area contributed by atoms with E-state index in [1.165, 1.54) is 12.2 Å². The van der Waals surface area contributed by atoms with Crippen molar-refractivity contribution < 1.29 is 0 Å². The van der Waals surface area contributed by atoms with Gasteiger partial charge in [0.2, 0.25) is 0 Å². The molecule has 0 heterocycles. The Bertz CT molecular complexity index is 42.0. The Kier molecular flexibility index (Phi) is 3.12. The molecule has 0 amide bonds. The molecule has 0 aromatic rings. The zero-order valence-corrected chi connectivity index (χ0v) is 2.81. The maximum absolute atomic E-state index is 6.31. The molecule has 0 fully saturated rings. The molecule has 0 aliphatic rings. The molecule has 0 aromatic carbocycles. The molecule has 0 aliphatic heterocycles. The van der Waals surface area contributed by atoms with Gasteiger partial charge in [0.05, 0.1) is 0 Å². The molecule has 0 heteroatoms. The maximum atomic E-state index is 6.31. The standard InChI is InChI=1S/C5H4/c1-3-5-4-2/h1,3-5H/b5-3+. The first kappa shape index (κ1) is 4.48. The first-order valence-corrected chi connectivity index (χ1v) is 1.29. The number of hydrogen-bond acceptors (Lipinski definition) is 0. The lowest BCUT2D eigenvalue weighted by Gasteiger charge is -1.54. The van der Waals surface area contributed by atoms with E-state index >= 15 is 0 Å². The van der Waals surface area contributed by atoms with Gasteiger partial charge in [-0.2, -0.15) is 0 Å². The maximum Gasteiger partial charge on any atom is -0.00925 e. The normalized spacial score (nSPS) is 9.00. The van der Waals surface area contributed by atoms with Crippen LogP contribution in [-0.2, 0) is 0 Å². The van der Waals surface area contributed by atoms with Crippen LogP contribution in [0, 0.1) is 13.5 Å². The third-order valence-corrected chi connectivity index (χ3v) is 0.207. The van der Waals surface area contributed by atoms with Crippen LogP contribution >= 0.6 is 0 Å². The van der Waals surface area contributed by atoms with Crippen molar-refractivity contribution in [1.82, 2.24) is 0 Å². The third-order valence-electron chi connectivity index (χ3n) is 0.207. The van der Waals surface area contributed by atoms with Crippen LogP contribution in [0.2, 0.25) is 0 Å². The van der Waals surface area contributed by atoms with Crippen LogP contribution in [0.25, 0.3) is 0 Å². The van der Waals surface area contributed by atoms with E-state index in [2.05, 4.69) is 0 Å². The zero-order chi connectivity index (χ0) is 4.12. The molecule has 0 saturated carbocycles. The highest BCUT2D eigenvalue weighted by Crippen LogP contribution is 1.63. The molecule has 24 valence electrons. The van der Waals surface area contributed by atoms with Gasteiger partial charge in [-0.15, -0.1) is 0 Å². The highest BCUT2D eigenvalue weighted by Gasteiger charge is 1.43. The van der Waals surface area contributed by atoms with Gasteiger partial charge in [-0.3, -0.25) is 0 Å². The second kappa shape index (κ2) is 3.48. The van der Waals surface area contributed by atoms with Gasteiger partial charge in [0, 0.05) is 0 Å². The second-order valence-corrected chi connectivity index (χ2v) is 0.552. The molecule has 0 rings (SSSR count). The van der Waals surface area contributed by atoms with Crippen molar-refractivity contribution in [1.29, 1.82) is 0 Å². The fourth-order valence-electron chi connectivity index (χ4n) is 0.0556. The Morgan fingerprint density at radius 1 is 1.60 bits per heavy atom. The largest absolute Gasteiger partial charge is 0.0802 e. The zero-order valence-electron chi connectivity index (χ0n) is 2.81. The molecule has 0 aromatic heterocycles. The highest BCUT2D eigenvalue weighted by atomic mass is 13.5. The van der Waals surface area contributed by atoms with Gasteiger partial charge in [-0.25, -0.2) is 0 Å². The van der Waals surface area contributed by atoms with Crippen LogP contribution in [-0.4, -0.2) is 0 Å². The number of hydrogen-bond donors (Lipinski definition) is 0. The average molecular weight is 64.1 g/mol. The van der Waals surface area contributed by atoms with Gasteiger partial charge in [0.15, 0.2) is 0 Å². The Morgan fingerprint density at radius 2 is 2.20 bits per heavy atom. The van der Waals surface area contributed by atoms with Crippen LogP contribution in [0.4, 0.5) is 0 Å². The Balaban J connectivity index is 2.92. The van der Waals surface area contributed by atoms with Gasteiger partial charge in [-0.1, -0.05) is 18.2 Å². The molecule has 4 radical (unpaired) electrons. The summed E-state index contributed by atoms with van der Waals surface area (Å²) >= 11 is 0. The van der Waals surface area contributed by atoms with E-state index in [9.17, 15) is 0 Å². The van der Waals surface area contributed by atoms with Crippen LogP contribution in [0.15, 0.2) is 18.2 Å². The van der Waals surface area contributed by atoms with Gasteiger partial charge >= 0.3 is 0 Å². The molecular weight excluding hydrogens is 60.1 g/mol. The molecular formula is C5H4. The van der Waals surface area contributed by atoms with Gasteiger partial charge in [0.1, 0.15) is 0 Å². The summed E-state index contributed by atoms with van der Waals surface area (Å²) in [6.45, 7) is 11.1. The quantitative estimate of drug-likeness (QED) is 0.401. The minimum absolute atomic E-state index is 1.12. The third kappa shape index (κ3) is 3.48. The second-order valence-electron chi connectivity index (χ2n) is 0.552. The summed E-state index contributed by atoms with van der Waals surface area (Å²) in [4.78, 5) is 0. The fraction of sp³-hybridized carbons (Fsp3) is 0. The number of rotatable bonds is 1. The molecule has 0 bridgehead atoms. The minimum atomic E-state index is 1.12. The van der Waals surface area contributed by atoms with E-state index in [-0.39, 0.29) is 0 Å². The van der Waals surface area contributed by atoms with Crippen molar-refractivity contribution in [2.75, 3.05) is 0 Å². The summed E-state index contributed by atoms with van der Waals surface area (Å²) in [5.74, 6) is 0. The predicted octanol–water partition coefficient (Wildman–Crippen LogP) is 1.12. The van der Waals surface area contributed by atoms with Crippen molar-refractivity contribution in [2.24, 2.45) is 0 Å². The smallest absolute Gasteiger partial charge is 0.00925 e. The monoisotopic (exact) mass is 64.0 g/mol. The Morgan fingerprint density at radius 3 is 2.20 bits per heavy atom. The summed E-state index contributed by atoms with van der Waals surface area (Å²) in [6, 6.07) is 0. The van der Waals surface area contributed by atoms with E-state index in [1.807, 2.05) is 0 Å². The van der Waals surface area contributed by atoms with E-state index in [4.69, 9.17) is 13.5 Å². The van der Waals surface area contributed by atoms with E-state index in [1.54, 1.807) is 0 Å². The molecule has 0 unspecified atom stereocenters. The molecule has 0 atom stereocenters. The Hall–Kier alpha value is -0.520. The van der Waals surface area contributed by atoms with Gasteiger partial charge in [-0.05, 0) is 13.5 Å². The summed E-state index contributed by atoms with van der Waals surface area (Å²) < 4.78 is 0. The fourth-order valence-corrected chi connectivity index (χ4v) is 0.0556. The summed E-state index contributed by atoms with van der Waals surface area (Å²) in [7, 11) is 0. The first-order valence-electron chi connectivity index (χ1n) is 1.29. The molecule has 0 nitrogen and oxygen atoms in total. The van der Waals surface area contributed by atoms with Crippen molar-refractivity contribution >= 4 is 0 Å². The lowest BCUT2D eigenvalue weighted by atomic mass is 10.5. The van der Waals surface area contributed by atoms with Crippen molar-refractivity contribution in [2.45, 2.75) is 0 Å². The first-order chi connectivity index (χ1) is 2.41.